The number of aromatic nitrogens is 2. The van der Waals surface area contributed by atoms with Gasteiger partial charge in [0.1, 0.15) is 11.4 Å². The molecule has 2 aliphatic rings. The molecule has 2 fully saturated rings. The van der Waals surface area contributed by atoms with Crippen LogP contribution in [0.3, 0.4) is 0 Å². The maximum absolute atomic E-state index is 14.2. The lowest BCUT2D eigenvalue weighted by atomic mass is 9.81. The summed E-state index contributed by atoms with van der Waals surface area (Å²) >= 11 is 0. The van der Waals surface area contributed by atoms with Crippen molar-refractivity contribution in [1.29, 1.82) is 0 Å². The van der Waals surface area contributed by atoms with Gasteiger partial charge in [0.05, 0.1) is 18.0 Å². The van der Waals surface area contributed by atoms with Gasteiger partial charge in [-0.25, -0.2) is 9.18 Å². The second-order valence-corrected chi connectivity index (χ2v) is 10.2. The number of fused-ring (bicyclic) bond motifs is 1. The minimum atomic E-state index is -1.47. The first-order valence-electron chi connectivity index (χ1n) is 12.3. The molecule has 190 valence electrons. The number of methoxy groups -OCH3 is 1. The van der Waals surface area contributed by atoms with Gasteiger partial charge in [-0.1, -0.05) is 6.58 Å². The van der Waals surface area contributed by atoms with Gasteiger partial charge < -0.3 is 19.5 Å². The number of benzene rings is 1. The Hall–Kier alpha value is -3.10. The van der Waals surface area contributed by atoms with Crippen LogP contribution in [0.1, 0.15) is 39.5 Å². The van der Waals surface area contributed by atoms with Crippen molar-refractivity contribution in [3.05, 3.63) is 51.3 Å². The quantitative estimate of drug-likeness (QED) is 0.679. The molecule has 2 heterocycles. The molecule has 2 aromatic rings. The molecule has 35 heavy (non-hydrogen) atoms. The summed E-state index contributed by atoms with van der Waals surface area (Å²) in [6, 6.07) is 5.02. The fourth-order valence-corrected chi connectivity index (χ4v) is 5.20. The van der Waals surface area contributed by atoms with Gasteiger partial charge in [-0.2, -0.15) is 0 Å². The van der Waals surface area contributed by atoms with Crippen molar-refractivity contribution in [2.45, 2.75) is 51.7 Å². The Balaban J connectivity index is 1.34. The summed E-state index contributed by atoms with van der Waals surface area (Å²) in [7, 11) is 1.53. The first kappa shape index (κ1) is 25.0. The number of nitrogens with zero attached hydrogens (tertiary/aromatic N) is 3. The second kappa shape index (κ2) is 9.87. The number of amides is 1. The van der Waals surface area contributed by atoms with Gasteiger partial charge in [-0.3, -0.25) is 14.2 Å². The SMILES string of the molecule is C=C(N1CCN(C(=O)[C@H]2CC[C@H](Cn3c(=O)[nH]c4ccc(OC)cc4c3=O)CC2)CC1)C(C)(C)F. The van der Waals surface area contributed by atoms with E-state index in [-0.39, 0.29) is 23.3 Å². The summed E-state index contributed by atoms with van der Waals surface area (Å²) in [6.45, 7) is 9.54. The molecule has 1 aliphatic carbocycles. The smallest absolute Gasteiger partial charge is 0.328 e. The molecule has 1 amide bonds. The Kier molecular flexibility index (Phi) is 7.05. The van der Waals surface area contributed by atoms with Gasteiger partial charge in [-0.05, 0) is 63.6 Å². The molecule has 9 heteroatoms. The number of carbonyl (C=O) groups is 1. The molecular weight excluding hydrogens is 451 g/mol. The van der Waals surface area contributed by atoms with E-state index in [4.69, 9.17) is 4.74 Å². The largest absolute Gasteiger partial charge is 0.497 e. The number of allylic oxidation sites excluding steroid dienone is 1. The number of rotatable bonds is 6. The number of hydrogen-bond donors (Lipinski definition) is 1. The molecule has 1 saturated heterocycles. The van der Waals surface area contributed by atoms with Gasteiger partial charge in [-0.15, -0.1) is 0 Å². The number of halogens is 1. The van der Waals surface area contributed by atoms with Crippen LogP contribution in [0.2, 0.25) is 0 Å². The molecule has 0 atom stereocenters. The lowest BCUT2D eigenvalue weighted by molar-refractivity contribution is -0.138. The Bertz CT molecular complexity index is 1210. The van der Waals surface area contributed by atoms with E-state index < -0.39 is 11.4 Å². The van der Waals surface area contributed by atoms with E-state index in [1.165, 1.54) is 25.5 Å². The minimum Gasteiger partial charge on any atom is -0.497 e. The predicted octanol–water partition coefficient (Wildman–Crippen LogP) is 2.91. The van der Waals surface area contributed by atoms with Gasteiger partial charge in [0.2, 0.25) is 5.91 Å². The monoisotopic (exact) mass is 486 g/mol. The van der Waals surface area contributed by atoms with Crippen molar-refractivity contribution in [3.8, 4) is 5.75 Å². The van der Waals surface area contributed by atoms with E-state index >= 15 is 0 Å². The summed E-state index contributed by atoms with van der Waals surface area (Å²) in [4.78, 5) is 45.3. The zero-order chi connectivity index (χ0) is 25.3. The van der Waals surface area contributed by atoms with Crippen LogP contribution in [-0.4, -0.2) is 64.2 Å². The number of aromatic amines is 1. The molecule has 0 radical (unpaired) electrons. The summed E-state index contributed by atoms with van der Waals surface area (Å²) in [5.41, 5.74) is -1.25. The van der Waals surface area contributed by atoms with Gasteiger partial charge in [0, 0.05) is 44.3 Å². The maximum atomic E-state index is 14.2. The van der Waals surface area contributed by atoms with Crippen LogP contribution in [0.5, 0.6) is 5.75 Å². The third kappa shape index (κ3) is 5.28. The molecule has 1 aliphatic heterocycles. The molecule has 0 spiro atoms. The zero-order valence-electron chi connectivity index (χ0n) is 20.8. The highest BCUT2D eigenvalue weighted by Crippen LogP contribution is 2.31. The summed E-state index contributed by atoms with van der Waals surface area (Å²) < 4.78 is 20.7. The standard InChI is InChI=1S/C26H35FN4O4/c1-17(26(2,3)27)29-11-13-30(14-12-29)23(32)19-7-5-18(6-8-19)16-31-24(33)21-15-20(35-4)9-10-22(21)28-25(31)34/h9-10,15,18-19H,1,5-8,11-14,16H2,2-4H3,(H,28,34)/t18-,19-. The van der Waals surface area contributed by atoms with Crippen LogP contribution in [0, 0.1) is 11.8 Å². The average molecular weight is 487 g/mol. The lowest BCUT2D eigenvalue weighted by Crippen LogP contribution is -2.51. The molecule has 1 aromatic heterocycles. The predicted molar refractivity (Wildman–Crippen MR) is 133 cm³/mol. The third-order valence-corrected chi connectivity index (χ3v) is 7.49. The average Bonchev–Trinajstić information content (AvgIpc) is 2.85. The van der Waals surface area contributed by atoms with Crippen LogP contribution in [0.4, 0.5) is 4.39 Å². The fourth-order valence-electron chi connectivity index (χ4n) is 5.20. The molecule has 0 unspecified atom stereocenters. The topological polar surface area (TPSA) is 87.6 Å². The Morgan fingerprint density at radius 2 is 1.74 bits per heavy atom. The molecule has 8 nitrogen and oxygen atoms in total. The van der Waals surface area contributed by atoms with Crippen molar-refractivity contribution in [2.24, 2.45) is 11.8 Å². The molecule has 0 bridgehead atoms. The molecule has 4 rings (SSSR count). The first-order chi connectivity index (χ1) is 16.6. The molecule has 1 aromatic carbocycles. The highest BCUT2D eigenvalue weighted by molar-refractivity contribution is 5.79. The second-order valence-electron chi connectivity index (χ2n) is 10.2. The van der Waals surface area contributed by atoms with Gasteiger partial charge in [0.25, 0.3) is 5.56 Å². The summed E-state index contributed by atoms with van der Waals surface area (Å²) in [6.07, 6.45) is 3.04. The number of piperazine rings is 1. The number of H-pyrrole nitrogens is 1. The first-order valence-corrected chi connectivity index (χ1v) is 12.3. The third-order valence-electron chi connectivity index (χ3n) is 7.49. The lowest BCUT2D eigenvalue weighted by Gasteiger charge is -2.41. The van der Waals surface area contributed by atoms with E-state index in [9.17, 15) is 18.8 Å². The van der Waals surface area contributed by atoms with Crippen molar-refractivity contribution in [2.75, 3.05) is 33.3 Å². The van der Waals surface area contributed by atoms with E-state index in [1.807, 2.05) is 9.80 Å². The molecule has 1 saturated carbocycles. The van der Waals surface area contributed by atoms with E-state index in [2.05, 4.69) is 11.6 Å². The number of nitrogens with one attached hydrogen (secondary N) is 1. The van der Waals surface area contributed by atoms with E-state index in [0.29, 0.717) is 55.1 Å². The fraction of sp³-hybridized carbons (Fsp3) is 0.577. The maximum Gasteiger partial charge on any atom is 0.328 e. The number of ether oxygens (including phenoxy) is 1. The minimum absolute atomic E-state index is 0.0468. The van der Waals surface area contributed by atoms with Crippen LogP contribution < -0.4 is 16.0 Å². The van der Waals surface area contributed by atoms with E-state index in [0.717, 1.165) is 25.7 Å². The van der Waals surface area contributed by atoms with E-state index in [1.54, 1.807) is 18.2 Å². The Labute approximate surface area is 204 Å². The number of alkyl halides is 1. The Morgan fingerprint density at radius 3 is 2.34 bits per heavy atom. The van der Waals surface area contributed by atoms with Crippen LogP contribution in [0.15, 0.2) is 40.1 Å². The number of carbonyl (C=O) groups excluding carboxylic acids is 1. The van der Waals surface area contributed by atoms with Crippen molar-refractivity contribution in [1.82, 2.24) is 19.4 Å². The normalized spacial score (nSPS) is 21.3. The highest BCUT2D eigenvalue weighted by Gasteiger charge is 2.33. The van der Waals surface area contributed by atoms with Crippen LogP contribution in [-0.2, 0) is 11.3 Å². The van der Waals surface area contributed by atoms with Crippen molar-refractivity contribution < 1.29 is 13.9 Å². The Morgan fingerprint density at radius 1 is 1.11 bits per heavy atom. The zero-order valence-corrected chi connectivity index (χ0v) is 20.8. The molecular formula is C26H35FN4O4. The van der Waals surface area contributed by atoms with Gasteiger partial charge >= 0.3 is 5.69 Å². The number of hydrogen-bond acceptors (Lipinski definition) is 5. The van der Waals surface area contributed by atoms with Gasteiger partial charge in [0.15, 0.2) is 0 Å². The highest BCUT2D eigenvalue weighted by atomic mass is 19.1. The van der Waals surface area contributed by atoms with Crippen LogP contribution >= 0.6 is 0 Å². The molecule has 1 N–H and O–H groups in total. The van der Waals surface area contributed by atoms with Crippen LogP contribution in [0.25, 0.3) is 10.9 Å². The van der Waals surface area contributed by atoms with Crippen molar-refractivity contribution in [3.63, 3.8) is 0 Å². The van der Waals surface area contributed by atoms with Crippen molar-refractivity contribution >= 4 is 16.8 Å². The summed E-state index contributed by atoms with van der Waals surface area (Å²) in [5, 5.41) is 0.422. The summed E-state index contributed by atoms with van der Waals surface area (Å²) in [5.74, 6) is 0.828.